The van der Waals surface area contributed by atoms with E-state index in [9.17, 15) is 4.79 Å². The molecule has 1 saturated heterocycles. The molecule has 1 atom stereocenters. The third-order valence-corrected chi connectivity index (χ3v) is 3.84. The summed E-state index contributed by atoms with van der Waals surface area (Å²) in [4.78, 5) is 18.7. The predicted octanol–water partition coefficient (Wildman–Crippen LogP) is 2.93. The van der Waals surface area contributed by atoms with Crippen LogP contribution in [0.5, 0.6) is 0 Å². The number of pyridine rings is 1. The van der Waals surface area contributed by atoms with Gasteiger partial charge in [0, 0.05) is 24.5 Å². The topological polar surface area (TPSA) is 57.0 Å². The number of rotatable bonds is 2. The Kier molecular flexibility index (Phi) is 3.65. The number of aromatic nitrogens is 1. The van der Waals surface area contributed by atoms with Crippen LogP contribution in [0.4, 0.5) is 0 Å². The number of nitrogens with zero attached hydrogens (tertiary/aromatic N) is 3. The molecule has 0 saturated carbocycles. The third-order valence-electron chi connectivity index (χ3n) is 3.84. The van der Waals surface area contributed by atoms with Gasteiger partial charge in [-0.3, -0.25) is 9.78 Å². The van der Waals surface area contributed by atoms with Crippen LogP contribution in [-0.2, 0) is 0 Å². The molecule has 1 unspecified atom stereocenters. The summed E-state index contributed by atoms with van der Waals surface area (Å²) in [7, 11) is 0. The molecule has 0 aliphatic carbocycles. The number of carbonyl (C=O) groups excluding carboxylic acids is 1. The first kappa shape index (κ1) is 13.3. The summed E-state index contributed by atoms with van der Waals surface area (Å²) < 4.78 is 0. The highest BCUT2D eigenvalue weighted by molar-refractivity contribution is 5.94. The monoisotopic (exact) mass is 277 g/mol. The summed E-state index contributed by atoms with van der Waals surface area (Å²) in [6.07, 6.45) is 5.54. The van der Waals surface area contributed by atoms with Gasteiger partial charge in [-0.25, -0.2) is 0 Å². The summed E-state index contributed by atoms with van der Waals surface area (Å²) in [5.41, 5.74) is 2.28. The molecule has 2 aromatic rings. The minimum Gasteiger partial charge on any atom is -0.332 e. The Bertz CT molecular complexity index is 673. The molecular weight excluding hydrogens is 262 g/mol. The quantitative estimate of drug-likeness (QED) is 0.848. The van der Waals surface area contributed by atoms with Gasteiger partial charge in [-0.2, -0.15) is 5.26 Å². The van der Waals surface area contributed by atoms with Crippen LogP contribution in [-0.4, -0.2) is 22.3 Å². The molecule has 1 fully saturated rings. The van der Waals surface area contributed by atoms with E-state index < -0.39 is 0 Å². The fourth-order valence-electron chi connectivity index (χ4n) is 2.78. The average molecular weight is 277 g/mol. The Balaban J connectivity index is 1.84. The lowest BCUT2D eigenvalue weighted by Gasteiger charge is -2.25. The van der Waals surface area contributed by atoms with Gasteiger partial charge in [-0.05, 0) is 48.7 Å². The van der Waals surface area contributed by atoms with Crippen molar-refractivity contribution in [3.05, 3.63) is 65.5 Å². The second kappa shape index (κ2) is 5.76. The molecule has 1 aromatic heterocycles. The number of benzene rings is 1. The molecule has 4 heteroatoms. The van der Waals surface area contributed by atoms with E-state index in [1.807, 2.05) is 23.2 Å². The van der Waals surface area contributed by atoms with E-state index >= 15 is 0 Å². The number of carbonyl (C=O) groups is 1. The fraction of sp³-hybridized carbons (Fsp3) is 0.235. The molecule has 1 aromatic carbocycles. The highest BCUT2D eigenvalue weighted by atomic mass is 16.2. The molecule has 21 heavy (non-hydrogen) atoms. The molecule has 0 N–H and O–H groups in total. The zero-order valence-corrected chi connectivity index (χ0v) is 11.6. The van der Waals surface area contributed by atoms with Crippen molar-refractivity contribution in [3.63, 3.8) is 0 Å². The van der Waals surface area contributed by atoms with E-state index in [0.29, 0.717) is 11.1 Å². The maximum atomic E-state index is 12.7. The molecule has 4 nitrogen and oxygen atoms in total. The van der Waals surface area contributed by atoms with Crippen LogP contribution in [0.15, 0.2) is 48.8 Å². The Morgan fingerprint density at radius 3 is 2.76 bits per heavy atom. The van der Waals surface area contributed by atoms with Crippen molar-refractivity contribution >= 4 is 5.91 Å². The predicted molar refractivity (Wildman–Crippen MR) is 78.4 cm³/mol. The van der Waals surface area contributed by atoms with Gasteiger partial charge in [-0.15, -0.1) is 0 Å². The lowest BCUT2D eigenvalue weighted by molar-refractivity contribution is 0.0735. The van der Waals surface area contributed by atoms with Crippen LogP contribution in [0.2, 0.25) is 0 Å². The van der Waals surface area contributed by atoms with Crippen LogP contribution in [0.1, 0.15) is 40.4 Å². The van der Waals surface area contributed by atoms with Gasteiger partial charge in [0.2, 0.25) is 0 Å². The molecular formula is C17H15N3O. The summed E-state index contributed by atoms with van der Waals surface area (Å²) in [6, 6.07) is 12.9. The van der Waals surface area contributed by atoms with Crippen molar-refractivity contribution in [1.82, 2.24) is 9.88 Å². The second-order valence-corrected chi connectivity index (χ2v) is 5.13. The molecule has 1 aliphatic rings. The van der Waals surface area contributed by atoms with Crippen molar-refractivity contribution in [3.8, 4) is 6.07 Å². The van der Waals surface area contributed by atoms with Gasteiger partial charge >= 0.3 is 0 Å². The summed E-state index contributed by atoms with van der Waals surface area (Å²) >= 11 is 0. The van der Waals surface area contributed by atoms with Crippen LogP contribution >= 0.6 is 0 Å². The number of hydrogen-bond acceptors (Lipinski definition) is 3. The molecule has 104 valence electrons. The molecule has 0 spiro atoms. The van der Waals surface area contributed by atoms with Crippen LogP contribution in [0.25, 0.3) is 0 Å². The zero-order chi connectivity index (χ0) is 14.7. The fourth-order valence-corrected chi connectivity index (χ4v) is 2.78. The first-order chi connectivity index (χ1) is 10.3. The van der Waals surface area contributed by atoms with Gasteiger partial charge < -0.3 is 4.90 Å². The first-order valence-corrected chi connectivity index (χ1v) is 7.00. The number of likely N-dealkylation sites (tertiary alicyclic amines) is 1. The Labute approximate surface area is 123 Å². The Hall–Kier alpha value is -2.67. The molecule has 3 rings (SSSR count). The van der Waals surface area contributed by atoms with Gasteiger partial charge in [-0.1, -0.05) is 6.07 Å². The third kappa shape index (κ3) is 2.63. The zero-order valence-electron chi connectivity index (χ0n) is 11.6. The molecule has 0 radical (unpaired) electrons. The van der Waals surface area contributed by atoms with E-state index in [4.69, 9.17) is 5.26 Å². The number of amides is 1. The number of hydrogen-bond donors (Lipinski definition) is 0. The van der Waals surface area contributed by atoms with Crippen molar-refractivity contribution in [2.45, 2.75) is 18.9 Å². The van der Waals surface area contributed by atoms with Crippen molar-refractivity contribution < 1.29 is 4.79 Å². The molecule has 1 amide bonds. The minimum atomic E-state index is 0.0193. The summed E-state index contributed by atoms with van der Waals surface area (Å²) in [5, 5.41) is 8.82. The molecule has 1 aliphatic heterocycles. The van der Waals surface area contributed by atoms with Gasteiger partial charge in [0.05, 0.1) is 17.7 Å². The van der Waals surface area contributed by atoms with E-state index in [2.05, 4.69) is 11.1 Å². The maximum Gasteiger partial charge on any atom is 0.254 e. The van der Waals surface area contributed by atoms with E-state index in [1.165, 1.54) is 0 Å². The van der Waals surface area contributed by atoms with Crippen LogP contribution in [0, 0.1) is 11.3 Å². The second-order valence-electron chi connectivity index (χ2n) is 5.13. The molecule has 0 bridgehead atoms. The van der Waals surface area contributed by atoms with Crippen molar-refractivity contribution in [1.29, 1.82) is 5.26 Å². The van der Waals surface area contributed by atoms with Crippen molar-refractivity contribution in [2.24, 2.45) is 0 Å². The summed E-state index contributed by atoms with van der Waals surface area (Å²) in [6.45, 7) is 0.762. The van der Waals surface area contributed by atoms with Crippen LogP contribution in [0.3, 0.4) is 0 Å². The lowest BCUT2D eigenvalue weighted by atomic mass is 10.1. The highest BCUT2D eigenvalue weighted by Gasteiger charge is 2.30. The molecule has 2 heterocycles. The minimum absolute atomic E-state index is 0.0193. The highest BCUT2D eigenvalue weighted by Crippen LogP contribution is 2.32. The maximum absolute atomic E-state index is 12.7. The summed E-state index contributed by atoms with van der Waals surface area (Å²) in [5.74, 6) is 0.0193. The van der Waals surface area contributed by atoms with E-state index in [0.717, 1.165) is 24.9 Å². The number of nitriles is 1. The van der Waals surface area contributed by atoms with Gasteiger partial charge in [0.1, 0.15) is 0 Å². The first-order valence-electron chi connectivity index (χ1n) is 7.00. The largest absolute Gasteiger partial charge is 0.332 e. The standard InChI is InChI=1S/C17H15N3O/c18-11-13-5-7-14(8-6-13)17(21)20-10-2-4-16(20)15-3-1-9-19-12-15/h1,3,5-9,12,16H,2,4,10H2. The Morgan fingerprint density at radius 2 is 2.10 bits per heavy atom. The normalized spacial score (nSPS) is 17.5. The van der Waals surface area contributed by atoms with Gasteiger partial charge in [0.15, 0.2) is 0 Å². The van der Waals surface area contributed by atoms with E-state index in [1.54, 1.807) is 30.5 Å². The smallest absolute Gasteiger partial charge is 0.254 e. The Morgan fingerprint density at radius 1 is 1.29 bits per heavy atom. The van der Waals surface area contributed by atoms with Crippen molar-refractivity contribution in [2.75, 3.05) is 6.54 Å². The van der Waals surface area contributed by atoms with E-state index in [-0.39, 0.29) is 11.9 Å². The average Bonchev–Trinajstić information content (AvgIpc) is 3.04. The lowest BCUT2D eigenvalue weighted by Crippen LogP contribution is -2.30. The van der Waals surface area contributed by atoms with Crippen LogP contribution < -0.4 is 0 Å². The SMILES string of the molecule is N#Cc1ccc(C(=O)N2CCCC2c2cccnc2)cc1. The van der Waals surface area contributed by atoms with Gasteiger partial charge in [0.25, 0.3) is 5.91 Å².